The van der Waals surface area contributed by atoms with E-state index in [1.54, 1.807) is 0 Å². The molecule has 94 valence electrons. The van der Waals surface area contributed by atoms with Gasteiger partial charge in [0.1, 0.15) is 5.84 Å². The number of rotatable bonds is 7. The average Bonchev–Trinajstić information content (AvgIpc) is 2.35. The Balaban J connectivity index is 2.11. The van der Waals surface area contributed by atoms with Gasteiger partial charge in [-0.1, -0.05) is 5.16 Å². The maximum atomic E-state index is 8.36. The first-order valence-electron chi connectivity index (χ1n) is 5.80. The summed E-state index contributed by atoms with van der Waals surface area (Å²) in [5.74, 6) is 0.301. The SMILES string of the molecule is Cc1cnccc1CNCCCC/C(N)=N/O. The second kappa shape index (κ2) is 7.62. The molecule has 1 aromatic heterocycles. The molecule has 0 spiro atoms. The molecule has 1 rings (SSSR count). The van der Waals surface area contributed by atoms with Crippen LogP contribution in [0.1, 0.15) is 30.4 Å². The summed E-state index contributed by atoms with van der Waals surface area (Å²) in [6, 6.07) is 2.03. The van der Waals surface area contributed by atoms with E-state index in [2.05, 4.69) is 22.4 Å². The van der Waals surface area contributed by atoms with Crippen molar-refractivity contribution in [2.24, 2.45) is 10.9 Å². The van der Waals surface area contributed by atoms with Crippen molar-refractivity contribution in [3.63, 3.8) is 0 Å². The van der Waals surface area contributed by atoms with E-state index >= 15 is 0 Å². The van der Waals surface area contributed by atoms with Gasteiger partial charge in [0.15, 0.2) is 0 Å². The van der Waals surface area contributed by atoms with E-state index in [1.807, 2.05) is 18.5 Å². The molecule has 0 bridgehead atoms. The minimum absolute atomic E-state index is 0.301. The number of aromatic nitrogens is 1. The standard InChI is InChI=1S/C12H20N4O/c1-10-8-15-7-5-11(10)9-14-6-3-2-4-12(13)16-17/h5,7-8,14,17H,2-4,6,9H2,1H3,(H2,13,16). The predicted octanol–water partition coefficient (Wildman–Crippen LogP) is 1.40. The minimum Gasteiger partial charge on any atom is -0.409 e. The van der Waals surface area contributed by atoms with Gasteiger partial charge in [-0.05, 0) is 43.5 Å². The molecule has 0 aliphatic carbocycles. The van der Waals surface area contributed by atoms with Crippen LogP contribution in [0.5, 0.6) is 0 Å². The van der Waals surface area contributed by atoms with Crippen molar-refractivity contribution in [1.29, 1.82) is 0 Å². The summed E-state index contributed by atoms with van der Waals surface area (Å²) in [6.45, 7) is 3.85. The number of pyridine rings is 1. The molecule has 0 amide bonds. The first kappa shape index (κ1) is 13.4. The zero-order valence-electron chi connectivity index (χ0n) is 10.2. The Bertz CT molecular complexity index is 365. The molecule has 1 aromatic rings. The van der Waals surface area contributed by atoms with Gasteiger partial charge in [0.25, 0.3) is 0 Å². The van der Waals surface area contributed by atoms with E-state index in [9.17, 15) is 0 Å². The fourth-order valence-corrected chi connectivity index (χ4v) is 1.53. The van der Waals surface area contributed by atoms with Gasteiger partial charge in [-0.3, -0.25) is 4.98 Å². The van der Waals surface area contributed by atoms with Crippen LogP contribution in [0.2, 0.25) is 0 Å². The first-order chi connectivity index (χ1) is 8.24. The monoisotopic (exact) mass is 236 g/mol. The Kier molecular flexibility index (Phi) is 6.03. The number of unbranched alkanes of at least 4 members (excludes halogenated alkanes) is 1. The van der Waals surface area contributed by atoms with Crippen LogP contribution in [0.15, 0.2) is 23.6 Å². The topological polar surface area (TPSA) is 83.5 Å². The largest absolute Gasteiger partial charge is 0.409 e. The van der Waals surface area contributed by atoms with Crippen LogP contribution in [0, 0.1) is 6.92 Å². The van der Waals surface area contributed by atoms with Crippen molar-refractivity contribution >= 4 is 5.84 Å². The predicted molar refractivity (Wildman–Crippen MR) is 67.9 cm³/mol. The van der Waals surface area contributed by atoms with Gasteiger partial charge in [0, 0.05) is 25.4 Å². The summed E-state index contributed by atoms with van der Waals surface area (Å²) in [6.07, 6.45) is 6.27. The van der Waals surface area contributed by atoms with Gasteiger partial charge in [0.05, 0.1) is 0 Å². The molecule has 5 nitrogen and oxygen atoms in total. The van der Waals surface area contributed by atoms with Crippen LogP contribution >= 0.6 is 0 Å². The van der Waals surface area contributed by atoms with Crippen LogP contribution in [0.25, 0.3) is 0 Å². The normalized spacial score (nSPS) is 11.7. The molecule has 0 aromatic carbocycles. The van der Waals surface area contributed by atoms with E-state index in [0.717, 1.165) is 25.9 Å². The third-order valence-corrected chi connectivity index (χ3v) is 2.62. The molecule has 0 unspecified atom stereocenters. The van der Waals surface area contributed by atoms with Gasteiger partial charge in [-0.2, -0.15) is 0 Å². The fraction of sp³-hybridized carbons (Fsp3) is 0.500. The molecule has 0 atom stereocenters. The molecule has 0 fully saturated rings. The molecule has 0 aliphatic rings. The number of oxime groups is 1. The minimum atomic E-state index is 0.301. The van der Waals surface area contributed by atoms with E-state index in [4.69, 9.17) is 10.9 Å². The highest BCUT2D eigenvalue weighted by Gasteiger charge is 1.97. The fourth-order valence-electron chi connectivity index (χ4n) is 1.53. The number of aryl methyl sites for hydroxylation is 1. The van der Waals surface area contributed by atoms with E-state index in [0.29, 0.717) is 12.3 Å². The van der Waals surface area contributed by atoms with Crippen molar-refractivity contribution in [3.05, 3.63) is 29.6 Å². The number of nitrogens with two attached hydrogens (primary N) is 1. The van der Waals surface area contributed by atoms with Crippen LogP contribution < -0.4 is 11.1 Å². The molecule has 5 heteroatoms. The molecule has 17 heavy (non-hydrogen) atoms. The highest BCUT2D eigenvalue weighted by atomic mass is 16.4. The molecule has 0 aliphatic heterocycles. The third-order valence-electron chi connectivity index (χ3n) is 2.62. The van der Waals surface area contributed by atoms with Gasteiger partial charge < -0.3 is 16.3 Å². The van der Waals surface area contributed by atoms with Crippen molar-refractivity contribution < 1.29 is 5.21 Å². The van der Waals surface area contributed by atoms with Gasteiger partial charge in [0.2, 0.25) is 0 Å². The molecule has 0 radical (unpaired) electrons. The zero-order chi connectivity index (χ0) is 12.5. The lowest BCUT2D eigenvalue weighted by Gasteiger charge is -2.06. The maximum Gasteiger partial charge on any atom is 0.139 e. The van der Waals surface area contributed by atoms with Gasteiger partial charge in [-0.25, -0.2) is 0 Å². The smallest absolute Gasteiger partial charge is 0.139 e. The molecular formula is C12H20N4O. The number of nitrogens with one attached hydrogen (secondary N) is 1. The third kappa shape index (κ3) is 5.31. The van der Waals surface area contributed by atoms with E-state index < -0.39 is 0 Å². The van der Waals surface area contributed by atoms with Crippen molar-refractivity contribution in [1.82, 2.24) is 10.3 Å². The average molecular weight is 236 g/mol. The number of nitrogens with zero attached hydrogens (tertiary/aromatic N) is 2. The first-order valence-corrected chi connectivity index (χ1v) is 5.80. The molecule has 0 saturated heterocycles. The quantitative estimate of drug-likeness (QED) is 0.220. The summed E-state index contributed by atoms with van der Waals surface area (Å²) in [7, 11) is 0. The van der Waals surface area contributed by atoms with Crippen molar-refractivity contribution in [3.8, 4) is 0 Å². The second-order valence-corrected chi connectivity index (χ2v) is 4.03. The van der Waals surface area contributed by atoms with Gasteiger partial charge in [-0.15, -0.1) is 0 Å². The van der Waals surface area contributed by atoms with E-state index in [-0.39, 0.29) is 0 Å². The Morgan fingerprint density at radius 2 is 2.35 bits per heavy atom. The number of hydrogen-bond donors (Lipinski definition) is 3. The van der Waals surface area contributed by atoms with Crippen LogP contribution in [-0.2, 0) is 6.54 Å². The van der Waals surface area contributed by atoms with Crippen LogP contribution in [0.4, 0.5) is 0 Å². The number of hydrogen-bond acceptors (Lipinski definition) is 4. The van der Waals surface area contributed by atoms with E-state index in [1.165, 1.54) is 11.1 Å². The Hall–Kier alpha value is -1.62. The summed E-state index contributed by atoms with van der Waals surface area (Å²) in [5.41, 5.74) is 7.85. The summed E-state index contributed by atoms with van der Waals surface area (Å²) in [5, 5.41) is 14.7. The maximum absolute atomic E-state index is 8.36. The second-order valence-electron chi connectivity index (χ2n) is 4.03. The van der Waals surface area contributed by atoms with Crippen molar-refractivity contribution in [2.45, 2.75) is 32.7 Å². The summed E-state index contributed by atoms with van der Waals surface area (Å²) < 4.78 is 0. The lowest BCUT2D eigenvalue weighted by Crippen LogP contribution is -2.17. The summed E-state index contributed by atoms with van der Waals surface area (Å²) in [4.78, 5) is 4.05. The molecule has 0 saturated carbocycles. The number of amidine groups is 1. The van der Waals surface area contributed by atoms with Crippen LogP contribution in [-0.4, -0.2) is 22.6 Å². The van der Waals surface area contributed by atoms with Crippen LogP contribution in [0.3, 0.4) is 0 Å². The Labute approximate surface area is 102 Å². The highest BCUT2D eigenvalue weighted by molar-refractivity contribution is 5.79. The molecule has 1 heterocycles. The lowest BCUT2D eigenvalue weighted by molar-refractivity contribution is 0.316. The lowest BCUT2D eigenvalue weighted by atomic mass is 10.1. The Morgan fingerprint density at radius 3 is 3.06 bits per heavy atom. The zero-order valence-corrected chi connectivity index (χ0v) is 10.2. The molecular weight excluding hydrogens is 216 g/mol. The van der Waals surface area contributed by atoms with Crippen molar-refractivity contribution in [2.75, 3.05) is 6.54 Å². The van der Waals surface area contributed by atoms with Gasteiger partial charge >= 0.3 is 0 Å². The molecule has 4 N–H and O–H groups in total. The highest BCUT2D eigenvalue weighted by Crippen LogP contribution is 2.04. The summed E-state index contributed by atoms with van der Waals surface area (Å²) >= 11 is 0. The Morgan fingerprint density at radius 1 is 1.53 bits per heavy atom.